The molecule has 0 aliphatic rings. The van der Waals surface area contributed by atoms with Gasteiger partial charge in [-0.15, -0.1) is 0 Å². The monoisotopic (exact) mass is 243 g/mol. The maximum atomic E-state index is 4.25. The number of hydrogen-bond acceptors (Lipinski definition) is 2. The zero-order valence-electron chi connectivity index (χ0n) is 11.4. The molecule has 96 valence electrons. The summed E-state index contributed by atoms with van der Waals surface area (Å²) in [5, 5.41) is 7.79. The molecule has 1 N–H and O–H groups in total. The van der Waals surface area contributed by atoms with E-state index in [0.29, 0.717) is 6.04 Å². The Labute approximate surface area is 109 Å². The van der Waals surface area contributed by atoms with Crippen LogP contribution in [0, 0.1) is 0 Å². The van der Waals surface area contributed by atoms with Crippen LogP contribution in [0.25, 0.3) is 11.1 Å². The first-order valence-corrected chi connectivity index (χ1v) is 6.53. The highest BCUT2D eigenvalue weighted by Gasteiger charge is 2.11. The molecule has 1 heterocycles. The van der Waals surface area contributed by atoms with Gasteiger partial charge in [-0.3, -0.25) is 4.68 Å². The van der Waals surface area contributed by atoms with Crippen molar-refractivity contribution in [2.24, 2.45) is 7.05 Å². The van der Waals surface area contributed by atoms with Gasteiger partial charge in [-0.25, -0.2) is 0 Å². The van der Waals surface area contributed by atoms with E-state index in [1.165, 1.54) is 16.7 Å². The summed E-state index contributed by atoms with van der Waals surface area (Å²) >= 11 is 0. The first kappa shape index (κ1) is 12.8. The van der Waals surface area contributed by atoms with E-state index in [2.05, 4.69) is 54.7 Å². The molecule has 18 heavy (non-hydrogen) atoms. The van der Waals surface area contributed by atoms with E-state index in [4.69, 9.17) is 0 Å². The first-order valence-electron chi connectivity index (χ1n) is 6.53. The topological polar surface area (TPSA) is 29.9 Å². The van der Waals surface area contributed by atoms with Crippen molar-refractivity contribution >= 4 is 0 Å². The lowest BCUT2D eigenvalue weighted by molar-refractivity contribution is 0.572. The molecule has 0 saturated carbocycles. The maximum Gasteiger partial charge on any atom is 0.0568 e. The molecule has 1 aromatic heterocycles. The minimum atomic E-state index is 0.362. The van der Waals surface area contributed by atoms with Crippen LogP contribution in [0.3, 0.4) is 0 Å². The van der Waals surface area contributed by atoms with Crippen LogP contribution in [-0.2, 0) is 7.05 Å². The Balaban J connectivity index is 2.30. The second-order valence-corrected chi connectivity index (χ2v) is 4.67. The van der Waals surface area contributed by atoms with Gasteiger partial charge >= 0.3 is 0 Å². The van der Waals surface area contributed by atoms with Gasteiger partial charge in [0.25, 0.3) is 0 Å². The number of nitrogens with zero attached hydrogens (tertiary/aromatic N) is 2. The predicted molar refractivity (Wildman–Crippen MR) is 75.4 cm³/mol. The Bertz CT molecular complexity index is 502. The Morgan fingerprint density at radius 3 is 2.78 bits per heavy atom. The van der Waals surface area contributed by atoms with Gasteiger partial charge in [0.2, 0.25) is 0 Å². The van der Waals surface area contributed by atoms with Gasteiger partial charge in [0.1, 0.15) is 0 Å². The minimum absolute atomic E-state index is 0.362. The molecular formula is C15H21N3. The molecule has 2 rings (SSSR count). The Morgan fingerprint density at radius 1 is 1.33 bits per heavy atom. The summed E-state index contributed by atoms with van der Waals surface area (Å²) in [4.78, 5) is 0. The summed E-state index contributed by atoms with van der Waals surface area (Å²) in [6.07, 6.45) is 5.14. The van der Waals surface area contributed by atoms with Crippen LogP contribution in [0.1, 0.15) is 31.9 Å². The molecule has 0 aliphatic heterocycles. The van der Waals surface area contributed by atoms with Crippen molar-refractivity contribution < 1.29 is 0 Å². The van der Waals surface area contributed by atoms with Gasteiger partial charge in [0.15, 0.2) is 0 Å². The highest BCUT2D eigenvalue weighted by Crippen LogP contribution is 2.27. The van der Waals surface area contributed by atoms with Crippen molar-refractivity contribution in [1.82, 2.24) is 15.1 Å². The summed E-state index contributed by atoms with van der Waals surface area (Å²) in [6.45, 7) is 5.44. The van der Waals surface area contributed by atoms with Crippen molar-refractivity contribution in [1.29, 1.82) is 0 Å². The van der Waals surface area contributed by atoms with Gasteiger partial charge in [-0.05, 0) is 31.0 Å². The zero-order chi connectivity index (χ0) is 13.0. The van der Waals surface area contributed by atoms with E-state index in [-0.39, 0.29) is 0 Å². The van der Waals surface area contributed by atoms with Gasteiger partial charge in [0.05, 0.1) is 6.20 Å². The Kier molecular flexibility index (Phi) is 4.15. The van der Waals surface area contributed by atoms with E-state index >= 15 is 0 Å². The molecule has 3 heteroatoms. The number of rotatable bonds is 5. The molecule has 0 aliphatic carbocycles. The third-order valence-corrected chi connectivity index (χ3v) is 3.14. The molecule has 1 atom stereocenters. The molecule has 0 fully saturated rings. The van der Waals surface area contributed by atoms with E-state index in [1.807, 2.05) is 17.9 Å². The molecule has 0 bridgehead atoms. The quantitative estimate of drug-likeness (QED) is 0.874. The lowest BCUT2D eigenvalue weighted by Gasteiger charge is -2.17. The molecule has 0 spiro atoms. The highest BCUT2D eigenvalue weighted by atomic mass is 15.2. The van der Waals surface area contributed by atoms with Crippen LogP contribution in [0.15, 0.2) is 36.7 Å². The van der Waals surface area contributed by atoms with Gasteiger partial charge < -0.3 is 5.32 Å². The Hall–Kier alpha value is -1.61. The first-order chi connectivity index (χ1) is 8.72. The van der Waals surface area contributed by atoms with Crippen molar-refractivity contribution in [3.05, 3.63) is 42.2 Å². The molecule has 0 radical (unpaired) electrons. The van der Waals surface area contributed by atoms with Crippen LogP contribution in [0.5, 0.6) is 0 Å². The van der Waals surface area contributed by atoms with Gasteiger partial charge in [-0.2, -0.15) is 5.10 Å². The van der Waals surface area contributed by atoms with E-state index in [0.717, 1.165) is 13.0 Å². The summed E-state index contributed by atoms with van der Waals surface area (Å²) < 4.78 is 1.84. The SMILES string of the molecule is CCCNC(C)c1ccccc1-c1cnn(C)c1. The molecule has 0 saturated heterocycles. The number of benzene rings is 1. The van der Waals surface area contributed by atoms with Crippen molar-refractivity contribution in [2.45, 2.75) is 26.3 Å². The van der Waals surface area contributed by atoms with Gasteiger partial charge in [0, 0.05) is 24.8 Å². The summed E-state index contributed by atoms with van der Waals surface area (Å²) in [5.41, 5.74) is 3.78. The van der Waals surface area contributed by atoms with E-state index in [9.17, 15) is 0 Å². The maximum absolute atomic E-state index is 4.25. The minimum Gasteiger partial charge on any atom is -0.310 e. The van der Waals surface area contributed by atoms with Crippen LogP contribution in [0.2, 0.25) is 0 Å². The molecule has 1 aromatic carbocycles. The number of hydrogen-bond donors (Lipinski definition) is 1. The van der Waals surface area contributed by atoms with Crippen LogP contribution in [-0.4, -0.2) is 16.3 Å². The second kappa shape index (κ2) is 5.83. The average molecular weight is 243 g/mol. The van der Waals surface area contributed by atoms with Crippen LogP contribution in [0.4, 0.5) is 0 Å². The fraction of sp³-hybridized carbons (Fsp3) is 0.400. The van der Waals surface area contributed by atoms with Gasteiger partial charge in [-0.1, -0.05) is 31.2 Å². The Morgan fingerprint density at radius 2 is 2.11 bits per heavy atom. The third-order valence-electron chi connectivity index (χ3n) is 3.14. The molecule has 1 unspecified atom stereocenters. The fourth-order valence-electron chi connectivity index (χ4n) is 2.17. The van der Waals surface area contributed by atoms with Crippen LogP contribution < -0.4 is 5.32 Å². The lowest BCUT2D eigenvalue weighted by Crippen LogP contribution is -2.19. The van der Waals surface area contributed by atoms with Crippen molar-refractivity contribution in [3.63, 3.8) is 0 Å². The van der Waals surface area contributed by atoms with Crippen molar-refractivity contribution in [2.75, 3.05) is 6.54 Å². The summed E-state index contributed by atoms with van der Waals surface area (Å²) in [6, 6.07) is 8.89. The largest absolute Gasteiger partial charge is 0.310 e. The van der Waals surface area contributed by atoms with E-state index in [1.54, 1.807) is 0 Å². The standard InChI is InChI=1S/C15H21N3/c1-4-9-16-12(2)14-7-5-6-8-15(14)13-10-17-18(3)11-13/h5-8,10-12,16H,4,9H2,1-3H3. The number of aromatic nitrogens is 2. The highest BCUT2D eigenvalue weighted by molar-refractivity contribution is 5.66. The molecule has 2 aromatic rings. The molecule has 3 nitrogen and oxygen atoms in total. The number of aryl methyl sites for hydroxylation is 1. The smallest absolute Gasteiger partial charge is 0.0568 e. The van der Waals surface area contributed by atoms with Crippen LogP contribution >= 0.6 is 0 Å². The predicted octanol–water partition coefficient (Wildman–Crippen LogP) is 3.15. The normalized spacial score (nSPS) is 12.6. The number of nitrogens with one attached hydrogen (secondary N) is 1. The van der Waals surface area contributed by atoms with Crippen molar-refractivity contribution in [3.8, 4) is 11.1 Å². The fourth-order valence-corrected chi connectivity index (χ4v) is 2.17. The summed E-state index contributed by atoms with van der Waals surface area (Å²) in [5.74, 6) is 0. The second-order valence-electron chi connectivity index (χ2n) is 4.67. The molecular weight excluding hydrogens is 222 g/mol. The third kappa shape index (κ3) is 2.79. The molecule has 0 amide bonds. The zero-order valence-corrected chi connectivity index (χ0v) is 11.4. The lowest BCUT2D eigenvalue weighted by atomic mass is 9.97. The average Bonchev–Trinajstić information content (AvgIpc) is 2.82. The summed E-state index contributed by atoms with van der Waals surface area (Å²) in [7, 11) is 1.95. The van der Waals surface area contributed by atoms with E-state index < -0.39 is 0 Å².